The molecule has 0 unspecified atom stereocenters. The van der Waals surface area contributed by atoms with E-state index in [4.69, 9.17) is 14.2 Å². The van der Waals surface area contributed by atoms with Crippen molar-refractivity contribution in [2.75, 3.05) is 27.9 Å². The van der Waals surface area contributed by atoms with E-state index < -0.39 is 0 Å². The number of amides is 2. The van der Waals surface area contributed by atoms with Crippen LogP contribution in [0, 0.1) is 0 Å². The smallest absolute Gasteiger partial charge is 0.315 e. The summed E-state index contributed by atoms with van der Waals surface area (Å²) in [6, 6.07) is 13.4. The second-order valence-electron chi connectivity index (χ2n) is 6.73. The average molecular weight is 370 g/mol. The molecule has 2 aromatic carbocycles. The number of rotatable bonds is 8. The van der Waals surface area contributed by atoms with Crippen molar-refractivity contribution in [3.05, 3.63) is 53.6 Å². The first-order valence-electron chi connectivity index (χ1n) is 8.97. The summed E-state index contributed by atoms with van der Waals surface area (Å²) in [6.45, 7) is 1.07. The third-order valence-electron chi connectivity index (χ3n) is 5.05. The molecule has 0 heterocycles. The first-order valence-corrected chi connectivity index (χ1v) is 8.97. The molecule has 0 radical (unpaired) electrons. The third kappa shape index (κ3) is 4.45. The maximum absolute atomic E-state index is 12.2. The lowest BCUT2D eigenvalue weighted by molar-refractivity contribution is 0.239. The van der Waals surface area contributed by atoms with E-state index >= 15 is 0 Å². The summed E-state index contributed by atoms with van der Waals surface area (Å²) in [4.78, 5) is 12.2. The Morgan fingerprint density at radius 1 is 0.926 bits per heavy atom. The van der Waals surface area contributed by atoms with Gasteiger partial charge >= 0.3 is 6.03 Å². The molecule has 2 amide bonds. The molecule has 0 saturated heterocycles. The molecule has 144 valence electrons. The van der Waals surface area contributed by atoms with Gasteiger partial charge in [-0.2, -0.15) is 0 Å². The van der Waals surface area contributed by atoms with Gasteiger partial charge in [0.25, 0.3) is 0 Å². The van der Waals surface area contributed by atoms with Crippen molar-refractivity contribution in [2.45, 2.75) is 24.8 Å². The fourth-order valence-corrected chi connectivity index (χ4v) is 3.12. The lowest BCUT2D eigenvalue weighted by Gasteiger charge is -2.19. The van der Waals surface area contributed by atoms with Gasteiger partial charge < -0.3 is 24.8 Å². The highest BCUT2D eigenvalue weighted by atomic mass is 16.5. The molecule has 0 spiro atoms. The zero-order valence-electron chi connectivity index (χ0n) is 16.0. The second kappa shape index (κ2) is 8.20. The Kier molecular flexibility index (Phi) is 5.74. The molecule has 1 saturated carbocycles. The molecule has 3 rings (SSSR count). The largest absolute Gasteiger partial charge is 0.497 e. The lowest BCUT2D eigenvalue weighted by atomic mass is 9.95. The molecule has 1 aliphatic rings. The van der Waals surface area contributed by atoms with Gasteiger partial charge in [0.05, 0.1) is 21.3 Å². The Morgan fingerprint density at radius 3 is 2.22 bits per heavy atom. The van der Waals surface area contributed by atoms with E-state index in [1.54, 1.807) is 21.3 Å². The Hall–Kier alpha value is -2.89. The van der Waals surface area contributed by atoms with E-state index in [0.29, 0.717) is 24.6 Å². The number of nitrogens with one attached hydrogen (secondary N) is 2. The molecule has 0 aromatic heterocycles. The molecule has 27 heavy (non-hydrogen) atoms. The minimum Gasteiger partial charge on any atom is -0.497 e. The van der Waals surface area contributed by atoms with Gasteiger partial charge in [0, 0.05) is 18.5 Å². The van der Waals surface area contributed by atoms with Gasteiger partial charge in [-0.1, -0.05) is 18.2 Å². The fourth-order valence-electron chi connectivity index (χ4n) is 3.12. The maximum atomic E-state index is 12.2. The first-order chi connectivity index (χ1) is 13.1. The van der Waals surface area contributed by atoms with Crippen LogP contribution in [0.4, 0.5) is 4.79 Å². The third-order valence-corrected chi connectivity index (χ3v) is 5.05. The molecule has 0 atom stereocenters. The Balaban J connectivity index is 1.53. The summed E-state index contributed by atoms with van der Waals surface area (Å²) in [7, 11) is 4.89. The van der Waals surface area contributed by atoms with E-state index in [-0.39, 0.29) is 11.4 Å². The molecule has 0 bridgehead atoms. The van der Waals surface area contributed by atoms with Gasteiger partial charge in [-0.25, -0.2) is 4.79 Å². The molecule has 1 fully saturated rings. The summed E-state index contributed by atoms with van der Waals surface area (Å²) in [6.07, 6.45) is 2.09. The predicted molar refractivity (Wildman–Crippen MR) is 104 cm³/mol. The van der Waals surface area contributed by atoms with Crippen LogP contribution in [0.3, 0.4) is 0 Å². The van der Waals surface area contributed by atoms with Gasteiger partial charge in [-0.15, -0.1) is 0 Å². The van der Waals surface area contributed by atoms with Crippen molar-refractivity contribution in [2.24, 2.45) is 0 Å². The fraction of sp³-hybridized carbons (Fsp3) is 0.381. The Morgan fingerprint density at radius 2 is 1.63 bits per heavy atom. The van der Waals surface area contributed by atoms with Gasteiger partial charge in [-0.05, 0) is 48.2 Å². The van der Waals surface area contributed by atoms with Crippen LogP contribution < -0.4 is 24.8 Å². The van der Waals surface area contributed by atoms with Crippen molar-refractivity contribution in [3.8, 4) is 17.2 Å². The Labute approximate surface area is 159 Å². The molecule has 1 aliphatic carbocycles. The topological polar surface area (TPSA) is 68.8 Å². The van der Waals surface area contributed by atoms with Crippen LogP contribution in [0.1, 0.15) is 24.0 Å². The first kappa shape index (κ1) is 18.9. The van der Waals surface area contributed by atoms with Crippen molar-refractivity contribution in [1.29, 1.82) is 0 Å². The minimum atomic E-state index is -0.169. The number of carbonyl (C=O) groups is 1. The number of benzene rings is 2. The van der Waals surface area contributed by atoms with Gasteiger partial charge in [0.2, 0.25) is 0 Å². The highest BCUT2D eigenvalue weighted by Gasteiger charge is 2.44. The molecule has 6 heteroatoms. The average Bonchev–Trinajstić information content (AvgIpc) is 3.51. The van der Waals surface area contributed by atoms with E-state index in [2.05, 4.69) is 10.6 Å². The summed E-state index contributed by atoms with van der Waals surface area (Å²) < 4.78 is 15.8. The SMILES string of the molecule is COc1ccc(CNC(=O)NCC2(c3ccc(OC)c(OC)c3)CC2)cc1. The minimum absolute atomic E-state index is 0.0169. The van der Waals surface area contributed by atoms with Crippen LogP contribution in [0.2, 0.25) is 0 Å². The Bertz CT molecular complexity index is 785. The van der Waals surface area contributed by atoms with Crippen LogP contribution in [0.5, 0.6) is 17.2 Å². The van der Waals surface area contributed by atoms with Crippen molar-refractivity contribution < 1.29 is 19.0 Å². The van der Waals surface area contributed by atoms with Crippen LogP contribution in [0.15, 0.2) is 42.5 Å². The van der Waals surface area contributed by atoms with Crippen molar-refractivity contribution in [1.82, 2.24) is 10.6 Å². The van der Waals surface area contributed by atoms with Crippen molar-refractivity contribution in [3.63, 3.8) is 0 Å². The maximum Gasteiger partial charge on any atom is 0.315 e. The summed E-state index contributed by atoms with van der Waals surface area (Å²) >= 11 is 0. The van der Waals surface area contributed by atoms with Crippen LogP contribution in [0.25, 0.3) is 0 Å². The van der Waals surface area contributed by atoms with Gasteiger partial charge in [0.1, 0.15) is 5.75 Å². The van der Waals surface area contributed by atoms with Crippen LogP contribution >= 0.6 is 0 Å². The zero-order chi connectivity index (χ0) is 19.3. The molecule has 2 aromatic rings. The van der Waals surface area contributed by atoms with E-state index in [9.17, 15) is 4.79 Å². The summed E-state index contributed by atoms with van der Waals surface area (Å²) in [5.41, 5.74) is 2.17. The molecule has 6 nitrogen and oxygen atoms in total. The van der Waals surface area contributed by atoms with E-state index in [1.165, 1.54) is 0 Å². The van der Waals surface area contributed by atoms with Crippen LogP contribution in [-0.4, -0.2) is 33.9 Å². The molecular weight excluding hydrogens is 344 g/mol. The quantitative estimate of drug-likeness (QED) is 0.748. The molecule has 2 N–H and O–H groups in total. The predicted octanol–water partition coefficient (Wildman–Crippen LogP) is 3.24. The van der Waals surface area contributed by atoms with E-state index in [1.807, 2.05) is 42.5 Å². The molecule has 0 aliphatic heterocycles. The number of hydrogen-bond donors (Lipinski definition) is 2. The zero-order valence-corrected chi connectivity index (χ0v) is 16.0. The number of urea groups is 1. The number of hydrogen-bond acceptors (Lipinski definition) is 4. The number of methoxy groups -OCH3 is 3. The molecular formula is C21H26N2O4. The number of carbonyl (C=O) groups excluding carboxylic acids is 1. The second-order valence-corrected chi connectivity index (χ2v) is 6.73. The van der Waals surface area contributed by atoms with E-state index in [0.717, 1.165) is 29.7 Å². The van der Waals surface area contributed by atoms with Gasteiger partial charge in [-0.3, -0.25) is 0 Å². The lowest BCUT2D eigenvalue weighted by Crippen LogP contribution is -2.39. The highest BCUT2D eigenvalue weighted by Crippen LogP contribution is 2.49. The standard InChI is InChI=1S/C21H26N2O4/c1-25-17-7-4-15(5-8-17)13-22-20(24)23-14-21(10-11-21)16-6-9-18(26-2)19(12-16)27-3/h4-9,12H,10-11,13-14H2,1-3H3,(H2,22,23,24). The normalized spacial score (nSPS) is 14.2. The highest BCUT2D eigenvalue weighted by molar-refractivity contribution is 5.74. The van der Waals surface area contributed by atoms with Crippen LogP contribution in [-0.2, 0) is 12.0 Å². The summed E-state index contributed by atoms with van der Waals surface area (Å²) in [5.74, 6) is 2.22. The summed E-state index contributed by atoms with van der Waals surface area (Å²) in [5, 5.41) is 5.89. The monoisotopic (exact) mass is 370 g/mol. The van der Waals surface area contributed by atoms with Gasteiger partial charge in [0.15, 0.2) is 11.5 Å². The number of ether oxygens (including phenoxy) is 3. The van der Waals surface area contributed by atoms with Crippen molar-refractivity contribution >= 4 is 6.03 Å².